The lowest BCUT2D eigenvalue weighted by Crippen LogP contribution is -2.36. The predicted molar refractivity (Wildman–Crippen MR) is 92.4 cm³/mol. The fraction of sp³-hybridized carbons (Fsp3) is 0.188. The molecule has 0 fully saturated rings. The highest BCUT2D eigenvalue weighted by molar-refractivity contribution is 9.10. The third-order valence-corrected chi connectivity index (χ3v) is 5.10. The molecule has 0 aliphatic carbocycles. The van der Waals surface area contributed by atoms with Crippen LogP contribution in [0.3, 0.4) is 0 Å². The second kappa shape index (κ2) is 7.72. The van der Waals surface area contributed by atoms with Gasteiger partial charge in [0, 0.05) is 11.0 Å². The lowest BCUT2D eigenvalue weighted by Gasteiger charge is -2.08. The number of hydrogen-bond acceptors (Lipinski definition) is 3. The molecule has 5 nitrogen and oxygen atoms in total. The van der Waals surface area contributed by atoms with Gasteiger partial charge in [-0.2, -0.15) is 0 Å². The van der Waals surface area contributed by atoms with E-state index in [0.717, 1.165) is 15.6 Å². The molecule has 7 heteroatoms. The van der Waals surface area contributed by atoms with Gasteiger partial charge < -0.3 is 5.32 Å². The number of carbonyl (C=O) groups excluding carboxylic acids is 1. The van der Waals surface area contributed by atoms with Crippen LogP contribution in [0.4, 0.5) is 0 Å². The number of sulfonamides is 1. The molecule has 122 valence electrons. The summed E-state index contributed by atoms with van der Waals surface area (Å²) in [5.74, 6) is -0.386. The highest BCUT2D eigenvalue weighted by Gasteiger charge is 2.14. The zero-order valence-electron chi connectivity index (χ0n) is 12.5. The van der Waals surface area contributed by atoms with Crippen LogP contribution in [-0.4, -0.2) is 20.9 Å². The van der Waals surface area contributed by atoms with Crippen molar-refractivity contribution in [1.29, 1.82) is 0 Å². The summed E-state index contributed by atoms with van der Waals surface area (Å²) in [5, 5.41) is 2.67. The van der Waals surface area contributed by atoms with E-state index in [4.69, 9.17) is 0 Å². The maximum atomic E-state index is 12.1. The molecular formula is C16H17BrN2O3S. The molecule has 2 rings (SSSR count). The van der Waals surface area contributed by atoms with Crippen molar-refractivity contribution in [3.05, 3.63) is 64.1 Å². The van der Waals surface area contributed by atoms with Crippen LogP contribution in [0.2, 0.25) is 0 Å². The van der Waals surface area contributed by atoms with Crippen molar-refractivity contribution in [2.24, 2.45) is 0 Å². The molecular weight excluding hydrogens is 380 g/mol. The molecule has 0 radical (unpaired) electrons. The number of aryl methyl sites for hydroxylation is 1. The Kier molecular flexibility index (Phi) is 5.92. The molecule has 0 spiro atoms. The quantitative estimate of drug-likeness (QED) is 0.786. The molecule has 0 unspecified atom stereocenters. The standard InChI is InChI=1S/C16H17BrN2O3S/c1-12-2-8-15(9-3-12)23(21,22)19-11-16(20)18-10-13-4-6-14(17)7-5-13/h2-9,19H,10-11H2,1H3,(H,18,20). The zero-order chi connectivity index (χ0) is 16.9. The Morgan fingerprint density at radius 1 is 1.04 bits per heavy atom. The van der Waals surface area contributed by atoms with E-state index in [1.165, 1.54) is 12.1 Å². The van der Waals surface area contributed by atoms with Crippen molar-refractivity contribution in [1.82, 2.24) is 10.0 Å². The maximum Gasteiger partial charge on any atom is 0.241 e. The zero-order valence-corrected chi connectivity index (χ0v) is 14.9. The van der Waals surface area contributed by atoms with Crippen molar-refractivity contribution in [3.63, 3.8) is 0 Å². The van der Waals surface area contributed by atoms with Gasteiger partial charge in [-0.25, -0.2) is 13.1 Å². The number of rotatable bonds is 6. The highest BCUT2D eigenvalue weighted by atomic mass is 79.9. The average Bonchev–Trinajstić information content (AvgIpc) is 2.53. The van der Waals surface area contributed by atoms with Crippen LogP contribution in [0.15, 0.2) is 57.9 Å². The minimum Gasteiger partial charge on any atom is -0.351 e. The minimum atomic E-state index is -3.68. The van der Waals surface area contributed by atoms with Crippen molar-refractivity contribution in [2.75, 3.05) is 6.54 Å². The second-order valence-corrected chi connectivity index (χ2v) is 7.72. The van der Waals surface area contributed by atoms with Crippen LogP contribution in [0, 0.1) is 6.92 Å². The van der Waals surface area contributed by atoms with Crippen molar-refractivity contribution in [2.45, 2.75) is 18.4 Å². The molecule has 23 heavy (non-hydrogen) atoms. The average molecular weight is 397 g/mol. The summed E-state index contributed by atoms with van der Waals surface area (Å²) < 4.78 is 27.4. The van der Waals surface area contributed by atoms with Crippen molar-refractivity contribution < 1.29 is 13.2 Å². The number of halogens is 1. The van der Waals surface area contributed by atoms with Crippen LogP contribution in [0.1, 0.15) is 11.1 Å². The molecule has 0 aliphatic heterocycles. The Morgan fingerprint density at radius 3 is 2.26 bits per heavy atom. The molecule has 0 heterocycles. The molecule has 0 atom stereocenters. The van der Waals surface area contributed by atoms with Crippen LogP contribution in [0.25, 0.3) is 0 Å². The first kappa shape index (κ1) is 17.7. The number of carbonyl (C=O) groups is 1. The molecule has 0 aliphatic rings. The Labute approximate surface area is 144 Å². The fourth-order valence-electron chi connectivity index (χ4n) is 1.83. The molecule has 0 saturated carbocycles. The monoisotopic (exact) mass is 396 g/mol. The molecule has 2 aromatic rings. The van der Waals surface area contributed by atoms with Crippen molar-refractivity contribution in [3.8, 4) is 0 Å². The predicted octanol–water partition coefficient (Wildman–Crippen LogP) is 2.35. The van der Waals surface area contributed by atoms with Gasteiger partial charge in [-0.1, -0.05) is 45.8 Å². The fourth-order valence-corrected chi connectivity index (χ4v) is 3.07. The number of benzene rings is 2. The number of nitrogens with one attached hydrogen (secondary N) is 2. The molecule has 2 aromatic carbocycles. The van der Waals surface area contributed by atoms with E-state index in [9.17, 15) is 13.2 Å². The van der Waals surface area contributed by atoms with Crippen molar-refractivity contribution >= 4 is 31.9 Å². The summed E-state index contributed by atoms with van der Waals surface area (Å²) in [7, 11) is -3.68. The number of hydrogen-bond donors (Lipinski definition) is 2. The van der Waals surface area contributed by atoms with Gasteiger partial charge in [0.1, 0.15) is 0 Å². The van der Waals surface area contributed by atoms with Gasteiger partial charge in [0.05, 0.1) is 11.4 Å². The van der Waals surface area contributed by atoms with Gasteiger partial charge in [-0.05, 0) is 36.8 Å². The first-order valence-corrected chi connectivity index (χ1v) is 9.22. The first-order valence-electron chi connectivity index (χ1n) is 6.94. The molecule has 0 bridgehead atoms. The summed E-state index contributed by atoms with van der Waals surface area (Å²) >= 11 is 3.33. The summed E-state index contributed by atoms with van der Waals surface area (Å²) in [6, 6.07) is 13.9. The van der Waals surface area contributed by atoms with Crippen LogP contribution in [-0.2, 0) is 21.4 Å². The van der Waals surface area contributed by atoms with E-state index in [2.05, 4.69) is 26.0 Å². The van der Waals surface area contributed by atoms with E-state index in [1.807, 2.05) is 31.2 Å². The Hall–Kier alpha value is -1.70. The Morgan fingerprint density at radius 2 is 1.65 bits per heavy atom. The summed E-state index contributed by atoms with van der Waals surface area (Å²) in [4.78, 5) is 11.9. The van der Waals surface area contributed by atoms with Gasteiger partial charge in [-0.15, -0.1) is 0 Å². The molecule has 2 N–H and O–H groups in total. The summed E-state index contributed by atoms with van der Waals surface area (Å²) in [6.07, 6.45) is 0. The van der Waals surface area contributed by atoms with Gasteiger partial charge in [0.25, 0.3) is 0 Å². The summed E-state index contributed by atoms with van der Waals surface area (Å²) in [5.41, 5.74) is 1.90. The van der Waals surface area contributed by atoms with Gasteiger partial charge in [0.15, 0.2) is 0 Å². The number of amides is 1. The largest absolute Gasteiger partial charge is 0.351 e. The van der Waals surface area contributed by atoms with E-state index < -0.39 is 10.0 Å². The van der Waals surface area contributed by atoms with Crippen LogP contribution >= 0.6 is 15.9 Å². The van der Waals surface area contributed by atoms with Crippen LogP contribution < -0.4 is 10.0 Å². The topological polar surface area (TPSA) is 75.3 Å². The van der Waals surface area contributed by atoms with Gasteiger partial charge in [0.2, 0.25) is 15.9 Å². The van der Waals surface area contributed by atoms with Gasteiger partial charge >= 0.3 is 0 Å². The lowest BCUT2D eigenvalue weighted by atomic mass is 10.2. The van der Waals surface area contributed by atoms with E-state index >= 15 is 0 Å². The SMILES string of the molecule is Cc1ccc(S(=O)(=O)NCC(=O)NCc2ccc(Br)cc2)cc1. The third-order valence-electron chi connectivity index (χ3n) is 3.16. The first-order chi connectivity index (χ1) is 10.9. The smallest absolute Gasteiger partial charge is 0.241 e. The minimum absolute atomic E-state index is 0.142. The third kappa shape index (κ3) is 5.46. The normalized spacial score (nSPS) is 11.2. The van der Waals surface area contributed by atoms with E-state index in [0.29, 0.717) is 6.54 Å². The Bertz CT molecular complexity index is 772. The van der Waals surface area contributed by atoms with E-state index in [-0.39, 0.29) is 17.3 Å². The Balaban J connectivity index is 1.86. The van der Waals surface area contributed by atoms with Gasteiger partial charge in [-0.3, -0.25) is 4.79 Å². The van der Waals surface area contributed by atoms with E-state index in [1.54, 1.807) is 12.1 Å². The summed E-state index contributed by atoms with van der Waals surface area (Å²) in [6.45, 7) is 1.92. The lowest BCUT2D eigenvalue weighted by molar-refractivity contribution is -0.120. The highest BCUT2D eigenvalue weighted by Crippen LogP contribution is 2.10. The molecule has 0 aromatic heterocycles. The maximum absolute atomic E-state index is 12.1. The molecule has 0 saturated heterocycles. The van der Waals surface area contributed by atoms with Crippen LogP contribution in [0.5, 0.6) is 0 Å². The second-order valence-electron chi connectivity index (χ2n) is 5.04. The molecule has 1 amide bonds.